The van der Waals surface area contributed by atoms with Crippen LogP contribution in [0.2, 0.25) is 0 Å². The number of rotatable bonds is 7. The number of amides is 1. The zero-order valence-electron chi connectivity index (χ0n) is 14.5. The number of aromatic nitrogens is 2. The molecular weight excluding hydrogens is 304 g/mol. The first kappa shape index (κ1) is 16.8. The molecule has 0 spiro atoms. The monoisotopic (exact) mass is 330 g/mol. The van der Waals surface area contributed by atoms with Gasteiger partial charge < -0.3 is 9.32 Å². The quantitative estimate of drug-likeness (QED) is 0.848. The minimum atomic E-state index is -0.102. The normalized spacial score (nSPS) is 15.1. The van der Waals surface area contributed by atoms with Gasteiger partial charge in [0.25, 0.3) is 5.91 Å². The van der Waals surface area contributed by atoms with Crippen molar-refractivity contribution in [3.63, 3.8) is 0 Å². The topological polar surface area (TPSA) is 65.4 Å². The standard InChI is InChI=1S/C18H26N4O2/c1-3-6-14-11-15(20-19-14)12-21(2)18(23)17-8-7-16(24-17)13-22-9-4-5-10-22/h7-8,11H,3-6,9-10,12-13H2,1-2H3,(H,19,20). The number of furan rings is 1. The molecule has 0 radical (unpaired) electrons. The Morgan fingerprint density at radius 1 is 1.38 bits per heavy atom. The summed E-state index contributed by atoms with van der Waals surface area (Å²) in [7, 11) is 1.78. The predicted octanol–water partition coefficient (Wildman–Crippen LogP) is 2.82. The third kappa shape index (κ3) is 4.06. The third-order valence-electron chi connectivity index (χ3n) is 4.39. The van der Waals surface area contributed by atoms with Gasteiger partial charge in [-0.05, 0) is 50.6 Å². The SMILES string of the molecule is CCCc1cc(CN(C)C(=O)c2ccc(CN3CCCC3)o2)[nH]n1. The Morgan fingerprint density at radius 2 is 2.17 bits per heavy atom. The number of nitrogens with zero attached hydrogens (tertiary/aromatic N) is 3. The van der Waals surface area contributed by atoms with Gasteiger partial charge in [-0.3, -0.25) is 14.8 Å². The lowest BCUT2D eigenvalue weighted by Gasteiger charge is -2.15. The summed E-state index contributed by atoms with van der Waals surface area (Å²) < 4.78 is 5.75. The van der Waals surface area contributed by atoms with Crippen LogP contribution in [-0.4, -0.2) is 46.0 Å². The van der Waals surface area contributed by atoms with Gasteiger partial charge in [0.05, 0.1) is 24.5 Å². The molecule has 0 aromatic carbocycles. The number of aromatic amines is 1. The highest BCUT2D eigenvalue weighted by Gasteiger charge is 2.19. The fraction of sp³-hybridized carbons (Fsp3) is 0.556. The second kappa shape index (κ2) is 7.66. The number of aryl methyl sites for hydroxylation is 1. The Labute approximate surface area is 142 Å². The lowest BCUT2D eigenvalue weighted by Crippen LogP contribution is -2.26. The predicted molar refractivity (Wildman–Crippen MR) is 91.6 cm³/mol. The van der Waals surface area contributed by atoms with Gasteiger partial charge in [0.2, 0.25) is 0 Å². The summed E-state index contributed by atoms with van der Waals surface area (Å²) in [5.74, 6) is 1.16. The smallest absolute Gasteiger partial charge is 0.289 e. The second-order valence-corrected chi connectivity index (χ2v) is 6.54. The van der Waals surface area contributed by atoms with Crippen molar-refractivity contribution in [3.05, 3.63) is 41.1 Å². The van der Waals surface area contributed by atoms with E-state index in [1.54, 1.807) is 18.0 Å². The molecule has 1 aliphatic heterocycles. The fourth-order valence-electron chi connectivity index (χ4n) is 3.13. The van der Waals surface area contributed by atoms with Crippen LogP contribution in [0.3, 0.4) is 0 Å². The molecule has 3 rings (SSSR count). The summed E-state index contributed by atoms with van der Waals surface area (Å²) in [6.45, 7) is 5.64. The van der Waals surface area contributed by atoms with E-state index in [1.165, 1.54) is 12.8 Å². The Bertz CT molecular complexity index is 670. The van der Waals surface area contributed by atoms with E-state index >= 15 is 0 Å². The Balaban J connectivity index is 1.57. The average Bonchev–Trinajstić information content (AvgIpc) is 3.30. The third-order valence-corrected chi connectivity index (χ3v) is 4.39. The Hall–Kier alpha value is -2.08. The van der Waals surface area contributed by atoms with Crippen molar-refractivity contribution < 1.29 is 9.21 Å². The van der Waals surface area contributed by atoms with Crippen molar-refractivity contribution in [2.45, 2.75) is 45.7 Å². The van der Waals surface area contributed by atoms with Gasteiger partial charge in [0, 0.05) is 7.05 Å². The number of hydrogen-bond acceptors (Lipinski definition) is 4. The molecule has 3 heterocycles. The molecule has 0 saturated carbocycles. The van der Waals surface area contributed by atoms with Gasteiger partial charge in [-0.25, -0.2) is 0 Å². The van der Waals surface area contributed by atoms with Crippen LogP contribution in [0, 0.1) is 0 Å². The molecule has 0 atom stereocenters. The van der Waals surface area contributed by atoms with Gasteiger partial charge in [-0.15, -0.1) is 0 Å². The number of carbonyl (C=O) groups excluding carboxylic acids is 1. The first-order chi connectivity index (χ1) is 11.7. The van der Waals surface area contributed by atoms with Crippen LogP contribution < -0.4 is 0 Å². The summed E-state index contributed by atoms with van der Waals surface area (Å²) in [5, 5.41) is 7.26. The van der Waals surface area contributed by atoms with Crippen LogP contribution >= 0.6 is 0 Å². The zero-order chi connectivity index (χ0) is 16.9. The highest BCUT2D eigenvalue weighted by Crippen LogP contribution is 2.16. The van der Waals surface area contributed by atoms with Gasteiger partial charge >= 0.3 is 0 Å². The van der Waals surface area contributed by atoms with Crippen LogP contribution in [0.4, 0.5) is 0 Å². The summed E-state index contributed by atoms with van der Waals surface area (Å²) in [5.41, 5.74) is 1.98. The summed E-state index contributed by atoms with van der Waals surface area (Å²) in [6.07, 6.45) is 4.51. The van der Waals surface area contributed by atoms with E-state index in [-0.39, 0.29) is 5.91 Å². The second-order valence-electron chi connectivity index (χ2n) is 6.54. The highest BCUT2D eigenvalue weighted by molar-refractivity contribution is 5.91. The molecule has 0 unspecified atom stereocenters. The molecule has 130 valence electrons. The molecule has 0 aliphatic carbocycles. The van der Waals surface area contributed by atoms with Crippen LogP contribution in [0.25, 0.3) is 0 Å². The minimum absolute atomic E-state index is 0.102. The van der Waals surface area contributed by atoms with Crippen molar-refractivity contribution in [2.75, 3.05) is 20.1 Å². The zero-order valence-corrected chi connectivity index (χ0v) is 14.5. The lowest BCUT2D eigenvalue weighted by molar-refractivity contribution is 0.0748. The van der Waals surface area contributed by atoms with E-state index in [2.05, 4.69) is 22.0 Å². The molecule has 1 fully saturated rings. The number of H-pyrrole nitrogens is 1. The van der Waals surface area contributed by atoms with Crippen LogP contribution in [0.1, 0.15) is 53.9 Å². The van der Waals surface area contributed by atoms with Gasteiger partial charge in [0.15, 0.2) is 5.76 Å². The molecule has 0 bridgehead atoms. The average molecular weight is 330 g/mol. The van der Waals surface area contributed by atoms with Crippen molar-refractivity contribution in [3.8, 4) is 0 Å². The van der Waals surface area contributed by atoms with Gasteiger partial charge in [0.1, 0.15) is 5.76 Å². The van der Waals surface area contributed by atoms with Crippen molar-refractivity contribution in [1.29, 1.82) is 0 Å². The molecule has 1 aliphatic rings. The summed E-state index contributed by atoms with van der Waals surface area (Å²) in [4.78, 5) is 16.5. The molecule has 24 heavy (non-hydrogen) atoms. The molecule has 1 N–H and O–H groups in total. The van der Waals surface area contributed by atoms with E-state index in [0.29, 0.717) is 12.3 Å². The number of nitrogens with one attached hydrogen (secondary N) is 1. The van der Waals surface area contributed by atoms with Gasteiger partial charge in [-0.1, -0.05) is 13.3 Å². The van der Waals surface area contributed by atoms with E-state index in [0.717, 1.165) is 49.6 Å². The lowest BCUT2D eigenvalue weighted by atomic mass is 10.2. The van der Waals surface area contributed by atoms with Crippen LogP contribution in [-0.2, 0) is 19.5 Å². The molecule has 6 heteroatoms. The number of carbonyl (C=O) groups is 1. The maximum atomic E-state index is 12.5. The molecule has 6 nitrogen and oxygen atoms in total. The van der Waals surface area contributed by atoms with Crippen molar-refractivity contribution in [1.82, 2.24) is 20.0 Å². The minimum Gasteiger partial charge on any atom is -0.455 e. The fourth-order valence-corrected chi connectivity index (χ4v) is 3.13. The summed E-state index contributed by atoms with van der Waals surface area (Å²) >= 11 is 0. The summed E-state index contributed by atoms with van der Waals surface area (Å²) in [6, 6.07) is 5.71. The number of likely N-dealkylation sites (tertiary alicyclic amines) is 1. The van der Waals surface area contributed by atoms with E-state index in [9.17, 15) is 4.79 Å². The van der Waals surface area contributed by atoms with Crippen LogP contribution in [0.5, 0.6) is 0 Å². The first-order valence-electron chi connectivity index (χ1n) is 8.75. The number of hydrogen-bond donors (Lipinski definition) is 1. The Kier molecular flexibility index (Phi) is 5.35. The van der Waals surface area contributed by atoms with Crippen LogP contribution in [0.15, 0.2) is 22.6 Å². The highest BCUT2D eigenvalue weighted by atomic mass is 16.4. The van der Waals surface area contributed by atoms with E-state index in [1.807, 2.05) is 12.1 Å². The molecule has 1 saturated heterocycles. The van der Waals surface area contributed by atoms with Gasteiger partial charge in [-0.2, -0.15) is 5.10 Å². The van der Waals surface area contributed by atoms with E-state index < -0.39 is 0 Å². The molecule has 2 aromatic rings. The molecule has 1 amide bonds. The molecule has 2 aromatic heterocycles. The van der Waals surface area contributed by atoms with E-state index in [4.69, 9.17) is 4.42 Å². The first-order valence-corrected chi connectivity index (χ1v) is 8.75. The largest absolute Gasteiger partial charge is 0.455 e. The van der Waals surface area contributed by atoms with Crippen molar-refractivity contribution in [2.24, 2.45) is 0 Å². The molecular formula is C18H26N4O2. The van der Waals surface area contributed by atoms with Crippen molar-refractivity contribution >= 4 is 5.91 Å². The maximum Gasteiger partial charge on any atom is 0.289 e. The Morgan fingerprint density at radius 3 is 2.92 bits per heavy atom. The maximum absolute atomic E-state index is 12.5.